The number of nitrogens with two attached hydrogens (primary N) is 1. The number of hydrogen-bond acceptors (Lipinski definition) is 3. The van der Waals surface area contributed by atoms with E-state index >= 15 is 0 Å². The Morgan fingerprint density at radius 2 is 1.85 bits per heavy atom. The maximum Gasteiger partial charge on any atom is 0.301 e. The molecule has 0 saturated heterocycles. The molecule has 1 aromatic heterocycles. The number of nitrogens with one attached hydrogen (secondary N) is 1. The fourth-order valence-corrected chi connectivity index (χ4v) is 5.60. The number of nitrogen functional groups attached to an aromatic ring is 1. The molecule has 1 amide bonds. The molecule has 3 N–H and O–H groups in total. The highest BCUT2D eigenvalue weighted by atomic mass is 16.2. The van der Waals surface area contributed by atoms with Crippen LogP contribution in [-0.2, 0) is 12.5 Å². The SMILES string of the molecule is Cn1c(C23CC4CC(CC(C4)C2)C3)cnc1C(=O)NN. The molecule has 5 nitrogen and oxygen atoms in total. The fourth-order valence-electron chi connectivity index (χ4n) is 5.60. The monoisotopic (exact) mass is 274 g/mol. The Balaban J connectivity index is 1.74. The van der Waals surface area contributed by atoms with Gasteiger partial charge in [0.2, 0.25) is 0 Å². The van der Waals surface area contributed by atoms with Gasteiger partial charge in [-0.25, -0.2) is 10.8 Å². The van der Waals surface area contributed by atoms with E-state index in [9.17, 15) is 4.79 Å². The predicted molar refractivity (Wildman–Crippen MR) is 74.7 cm³/mol. The van der Waals surface area contributed by atoms with Gasteiger partial charge in [0.05, 0.1) is 0 Å². The van der Waals surface area contributed by atoms with Crippen LogP contribution >= 0.6 is 0 Å². The lowest BCUT2D eigenvalue weighted by molar-refractivity contribution is -0.00850. The molecule has 5 rings (SSSR count). The lowest BCUT2D eigenvalue weighted by atomic mass is 9.49. The first-order chi connectivity index (χ1) is 9.61. The molecule has 0 unspecified atom stereocenters. The second-order valence-electron chi connectivity index (χ2n) is 7.20. The van der Waals surface area contributed by atoms with Gasteiger partial charge >= 0.3 is 5.91 Å². The van der Waals surface area contributed by atoms with Gasteiger partial charge in [-0.15, -0.1) is 0 Å². The van der Waals surface area contributed by atoms with Gasteiger partial charge in [-0.05, 0) is 56.3 Å². The number of hydrogen-bond donors (Lipinski definition) is 2. The summed E-state index contributed by atoms with van der Waals surface area (Å²) < 4.78 is 1.97. The van der Waals surface area contributed by atoms with Gasteiger partial charge in [-0.3, -0.25) is 10.2 Å². The van der Waals surface area contributed by atoms with Gasteiger partial charge in [0.15, 0.2) is 5.82 Å². The highest BCUT2D eigenvalue weighted by Crippen LogP contribution is 2.60. The smallest absolute Gasteiger partial charge is 0.301 e. The molecule has 0 spiro atoms. The van der Waals surface area contributed by atoms with Crippen molar-refractivity contribution < 1.29 is 4.79 Å². The summed E-state index contributed by atoms with van der Waals surface area (Å²) in [6.07, 6.45) is 10.0. The summed E-state index contributed by atoms with van der Waals surface area (Å²) in [5.41, 5.74) is 3.70. The summed E-state index contributed by atoms with van der Waals surface area (Å²) in [5, 5.41) is 0. The fraction of sp³-hybridized carbons (Fsp3) is 0.733. The Hall–Kier alpha value is -1.36. The summed E-state index contributed by atoms with van der Waals surface area (Å²) in [7, 11) is 1.95. The minimum Gasteiger partial charge on any atom is -0.326 e. The lowest BCUT2D eigenvalue weighted by Gasteiger charge is -2.56. The van der Waals surface area contributed by atoms with Crippen molar-refractivity contribution in [2.45, 2.75) is 43.9 Å². The highest BCUT2D eigenvalue weighted by Gasteiger charge is 2.52. The number of nitrogens with zero attached hydrogens (tertiary/aromatic N) is 2. The van der Waals surface area contributed by atoms with E-state index in [1.54, 1.807) is 0 Å². The van der Waals surface area contributed by atoms with Crippen LogP contribution in [-0.4, -0.2) is 15.5 Å². The van der Waals surface area contributed by atoms with Crippen LogP contribution in [0.5, 0.6) is 0 Å². The molecule has 1 aromatic rings. The van der Waals surface area contributed by atoms with Crippen LogP contribution in [0.2, 0.25) is 0 Å². The van der Waals surface area contributed by atoms with Crippen LogP contribution < -0.4 is 11.3 Å². The molecule has 20 heavy (non-hydrogen) atoms. The molecule has 108 valence electrons. The van der Waals surface area contributed by atoms with Gasteiger partial charge < -0.3 is 4.57 Å². The molecule has 0 radical (unpaired) electrons. The van der Waals surface area contributed by atoms with E-state index in [2.05, 4.69) is 10.4 Å². The normalized spacial score (nSPS) is 38.2. The van der Waals surface area contributed by atoms with E-state index in [0.29, 0.717) is 5.82 Å². The molecule has 4 aliphatic rings. The zero-order valence-corrected chi connectivity index (χ0v) is 11.9. The number of amides is 1. The number of carbonyl (C=O) groups excluding carboxylic acids is 1. The number of aromatic nitrogens is 2. The summed E-state index contributed by atoms with van der Waals surface area (Å²) >= 11 is 0. The third kappa shape index (κ3) is 1.59. The molecule has 5 heteroatoms. The number of imidazole rings is 1. The third-order valence-corrected chi connectivity index (χ3v) is 5.90. The average Bonchev–Trinajstić information content (AvgIpc) is 2.79. The molecule has 4 fully saturated rings. The molecule has 4 aliphatic carbocycles. The molecule has 1 heterocycles. The zero-order chi connectivity index (χ0) is 13.9. The second-order valence-corrected chi connectivity index (χ2v) is 7.20. The van der Waals surface area contributed by atoms with Crippen LogP contribution in [0.15, 0.2) is 6.20 Å². The molecule has 4 saturated carbocycles. The van der Waals surface area contributed by atoms with Gasteiger partial charge in [-0.2, -0.15) is 0 Å². The van der Waals surface area contributed by atoms with E-state index in [0.717, 1.165) is 17.8 Å². The maximum absolute atomic E-state index is 11.8. The van der Waals surface area contributed by atoms with Crippen LogP contribution in [0.1, 0.15) is 54.8 Å². The maximum atomic E-state index is 11.8. The van der Waals surface area contributed by atoms with Gasteiger partial charge in [-0.1, -0.05) is 0 Å². The Morgan fingerprint density at radius 3 is 2.35 bits per heavy atom. The second kappa shape index (κ2) is 4.07. The van der Waals surface area contributed by atoms with Crippen molar-refractivity contribution >= 4 is 5.91 Å². The Kier molecular flexibility index (Phi) is 2.52. The van der Waals surface area contributed by atoms with Crippen molar-refractivity contribution in [2.24, 2.45) is 30.6 Å². The van der Waals surface area contributed by atoms with Gasteiger partial charge in [0, 0.05) is 24.4 Å². The standard InChI is InChI=1S/C15H22N4O/c1-19-12(8-17-13(19)14(20)18-16)15-5-9-2-10(6-15)4-11(3-9)7-15/h8-11H,2-7,16H2,1H3,(H,18,20). The first-order valence-electron chi connectivity index (χ1n) is 7.64. The van der Waals surface area contributed by atoms with Crippen molar-refractivity contribution in [2.75, 3.05) is 0 Å². The van der Waals surface area contributed by atoms with Crippen LogP contribution in [0, 0.1) is 17.8 Å². The first kappa shape index (κ1) is 12.4. The summed E-state index contributed by atoms with van der Waals surface area (Å²) in [6, 6.07) is 0. The van der Waals surface area contributed by atoms with E-state index in [-0.39, 0.29) is 11.3 Å². The minimum absolute atomic E-state index is 0.267. The van der Waals surface area contributed by atoms with Crippen LogP contribution in [0.25, 0.3) is 0 Å². The largest absolute Gasteiger partial charge is 0.326 e. The van der Waals surface area contributed by atoms with Crippen molar-refractivity contribution in [3.05, 3.63) is 17.7 Å². The molecular weight excluding hydrogens is 252 g/mol. The van der Waals surface area contributed by atoms with E-state index in [1.165, 1.54) is 44.2 Å². The van der Waals surface area contributed by atoms with Gasteiger partial charge in [0.25, 0.3) is 0 Å². The number of carbonyl (C=O) groups is 1. The van der Waals surface area contributed by atoms with Crippen LogP contribution in [0.4, 0.5) is 0 Å². The Morgan fingerprint density at radius 1 is 1.30 bits per heavy atom. The number of hydrazine groups is 1. The van der Waals surface area contributed by atoms with Crippen molar-refractivity contribution in [3.8, 4) is 0 Å². The Bertz CT molecular complexity index is 527. The zero-order valence-electron chi connectivity index (χ0n) is 11.9. The molecular formula is C15H22N4O. The van der Waals surface area contributed by atoms with E-state index in [4.69, 9.17) is 5.84 Å². The minimum atomic E-state index is -0.302. The third-order valence-electron chi connectivity index (χ3n) is 5.90. The van der Waals surface area contributed by atoms with Crippen molar-refractivity contribution in [1.29, 1.82) is 0 Å². The van der Waals surface area contributed by atoms with Crippen molar-refractivity contribution in [3.63, 3.8) is 0 Å². The van der Waals surface area contributed by atoms with Gasteiger partial charge in [0.1, 0.15) is 0 Å². The highest BCUT2D eigenvalue weighted by molar-refractivity contribution is 5.90. The molecule has 4 bridgehead atoms. The Labute approximate surface area is 118 Å². The molecule has 0 atom stereocenters. The summed E-state index contributed by atoms with van der Waals surface area (Å²) in [6.45, 7) is 0. The molecule has 0 aliphatic heterocycles. The summed E-state index contributed by atoms with van der Waals surface area (Å²) in [4.78, 5) is 16.1. The lowest BCUT2D eigenvalue weighted by Crippen LogP contribution is -2.49. The predicted octanol–water partition coefficient (Wildman–Crippen LogP) is 1.49. The summed E-state index contributed by atoms with van der Waals surface area (Å²) in [5.74, 6) is 8.04. The topological polar surface area (TPSA) is 72.9 Å². The molecule has 0 aromatic carbocycles. The quantitative estimate of drug-likeness (QED) is 0.487. The van der Waals surface area contributed by atoms with E-state index in [1.807, 2.05) is 17.8 Å². The average molecular weight is 274 g/mol. The van der Waals surface area contributed by atoms with E-state index < -0.39 is 0 Å². The van der Waals surface area contributed by atoms with Crippen LogP contribution in [0.3, 0.4) is 0 Å². The first-order valence-corrected chi connectivity index (χ1v) is 7.64. The van der Waals surface area contributed by atoms with Crippen molar-refractivity contribution in [1.82, 2.24) is 15.0 Å². The number of rotatable bonds is 2.